The van der Waals surface area contributed by atoms with Crippen molar-refractivity contribution in [1.29, 1.82) is 0 Å². The van der Waals surface area contributed by atoms with E-state index in [1.165, 1.54) is 5.56 Å². The summed E-state index contributed by atoms with van der Waals surface area (Å²) < 4.78 is 5.67. The summed E-state index contributed by atoms with van der Waals surface area (Å²) in [7, 11) is -1.84. The molecule has 0 saturated heterocycles. The number of rotatable bonds is 10. The molecule has 0 amide bonds. The standard InChI is InChI=1S/C24H28NO3P/c1-2-7-19-10-12-20(13-11-19)23-15-14-22(18-28-16-6-17-29(26)27)25-24(23)21-8-4-3-5-9-21/h3-5,8-15,26-27H,2,6-7,16-18H2,1H3. The minimum Gasteiger partial charge on any atom is -0.375 e. The van der Waals surface area contributed by atoms with Gasteiger partial charge in [0.15, 0.2) is 8.38 Å². The van der Waals surface area contributed by atoms with Crippen LogP contribution in [-0.4, -0.2) is 27.5 Å². The summed E-state index contributed by atoms with van der Waals surface area (Å²) in [5, 5.41) is 0. The van der Waals surface area contributed by atoms with E-state index in [0.717, 1.165) is 40.9 Å². The van der Waals surface area contributed by atoms with E-state index in [0.29, 0.717) is 25.8 Å². The summed E-state index contributed by atoms with van der Waals surface area (Å²) in [4.78, 5) is 22.8. The molecule has 0 bridgehead atoms. The van der Waals surface area contributed by atoms with Gasteiger partial charge < -0.3 is 14.5 Å². The first-order chi connectivity index (χ1) is 14.2. The number of pyridine rings is 1. The minimum atomic E-state index is -1.84. The number of benzene rings is 2. The van der Waals surface area contributed by atoms with E-state index in [1.54, 1.807) is 0 Å². The first kappa shape index (κ1) is 21.6. The van der Waals surface area contributed by atoms with Crippen molar-refractivity contribution in [3.8, 4) is 22.4 Å². The van der Waals surface area contributed by atoms with Crippen molar-refractivity contribution in [3.63, 3.8) is 0 Å². The van der Waals surface area contributed by atoms with Gasteiger partial charge in [0.25, 0.3) is 0 Å². The van der Waals surface area contributed by atoms with Gasteiger partial charge in [-0.3, -0.25) is 0 Å². The Morgan fingerprint density at radius 3 is 2.34 bits per heavy atom. The van der Waals surface area contributed by atoms with E-state index in [4.69, 9.17) is 19.5 Å². The highest BCUT2D eigenvalue weighted by molar-refractivity contribution is 7.45. The molecule has 152 valence electrons. The third-order valence-corrected chi connectivity index (χ3v) is 5.42. The van der Waals surface area contributed by atoms with Crippen molar-refractivity contribution in [2.75, 3.05) is 12.8 Å². The highest BCUT2D eigenvalue weighted by Crippen LogP contribution is 2.31. The maximum absolute atomic E-state index is 8.97. The van der Waals surface area contributed by atoms with Gasteiger partial charge >= 0.3 is 0 Å². The number of nitrogens with zero attached hydrogens (tertiary/aromatic N) is 1. The molecule has 0 aliphatic rings. The molecule has 0 saturated carbocycles. The van der Waals surface area contributed by atoms with E-state index in [-0.39, 0.29) is 0 Å². The predicted molar refractivity (Wildman–Crippen MR) is 120 cm³/mol. The van der Waals surface area contributed by atoms with Crippen LogP contribution in [0.5, 0.6) is 0 Å². The Morgan fingerprint density at radius 1 is 0.897 bits per heavy atom. The quantitative estimate of drug-likeness (QED) is 0.339. The van der Waals surface area contributed by atoms with Crippen LogP contribution in [0.4, 0.5) is 0 Å². The third-order valence-electron chi connectivity index (χ3n) is 4.70. The zero-order valence-corrected chi connectivity index (χ0v) is 17.7. The molecule has 1 heterocycles. The summed E-state index contributed by atoms with van der Waals surface area (Å²) in [6.07, 6.45) is 3.25. The molecule has 0 aliphatic carbocycles. The highest BCUT2D eigenvalue weighted by Gasteiger charge is 2.11. The first-order valence-corrected chi connectivity index (χ1v) is 11.5. The molecule has 2 aromatic carbocycles. The van der Waals surface area contributed by atoms with E-state index in [2.05, 4.69) is 49.4 Å². The summed E-state index contributed by atoms with van der Waals surface area (Å²) in [5.41, 5.74) is 6.50. The average Bonchev–Trinajstić information content (AvgIpc) is 2.75. The lowest BCUT2D eigenvalue weighted by atomic mass is 9.97. The van der Waals surface area contributed by atoms with Gasteiger partial charge in [0, 0.05) is 23.9 Å². The van der Waals surface area contributed by atoms with Gasteiger partial charge in [0.2, 0.25) is 0 Å². The second-order valence-corrected chi connectivity index (χ2v) is 8.21. The molecular formula is C24H28NO3P. The molecule has 3 rings (SSSR count). The molecule has 1 aromatic heterocycles. The van der Waals surface area contributed by atoms with Crippen LogP contribution in [0, 0.1) is 0 Å². The molecule has 0 radical (unpaired) electrons. The van der Waals surface area contributed by atoms with Crippen LogP contribution in [0.25, 0.3) is 22.4 Å². The predicted octanol–water partition coefficient (Wildman–Crippen LogP) is 5.57. The van der Waals surface area contributed by atoms with Gasteiger partial charge in [-0.15, -0.1) is 0 Å². The molecule has 5 heteroatoms. The molecule has 29 heavy (non-hydrogen) atoms. The normalized spacial score (nSPS) is 11.2. The van der Waals surface area contributed by atoms with Gasteiger partial charge in [0.05, 0.1) is 18.0 Å². The number of hydrogen-bond acceptors (Lipinski definition) is 4. The first-order valence-electron chi connectivity index (χ1n) is 10.0. The molecule has 0 fully saturated rings. The van der Waals surface area contributed by atoms with Crippen molar-refractivity contribution in [2.24, 2.45) is 0 Å². The summed E-state index contributed by atoms with van der Waals surface area (Å²) in [6.45, 7) is 3.09. The zero-order valence-electron chi connectivity index (χ0n) is 16.8. The van der Waals surface area contributed by atoms with Gasteiger partial charge in [-0.2, -0.15) is 0 Å². The third kappa shape index (κ3) is 6.45. The van der Waals surface area contributed by atoms with Crippen LogP contribution in [-0.2, 0) is 17.8 Å². The van der Waals surface area contributed by atoms with Crippen molar-refractivity contribution in [2.45, 2.75) is 32.8 Å². The highest BCUT2D eigenvalue weighted by atomic mass is 31.2. The Morgan fingerprint density at radius 2 is 1.66 bits per heavy atom. The topological polar surface area (TPSA) is 62.6 Å². The van der Waals surface area contributed by atoms with Crippen LogP contribution >= 0.6 is 8.38 Å². The fourth-order valence-corrected chi connectivity index (χ4v) is 3.67. The summed E-state index contributed by atoms with van der Waals surface area (Å²) in [6, 6.07) is 23.1. The number of ether oxygens (including phenoxy) is 1. The Bertz CT molecular complexity index is 882. The Labute approximate surface area is 174 Å². The molecule has 3 aromatic rings. The van der Waals surface area contributed by atoms with Gasteiger partial charge in [-0.1, -0.05) is 74.0 Å². The van der Waals surface area contributed by atoms with Crippen molar-refractivity contribution in [3.05, 3.63) is 78.0 Å². The van der Waals surface area contributed by atoms with Crippen LogP contribution in [0.15, 0.2) is 66.7 Å². The van der Waals surface area contributed by atoms with Gasteiger partial charge in [-0.25, -0.2) is 4.98 Å². The Kier molecular flexibility index (Phi) is 8.33. The molecule has 0 unspecified atom stereocenters. The Balaban J connectivity index is 1.82. The molecule has 4 nitrogen and oxygen atoms in total. The molecule has 0 aliphatic heterocycles. The van der Waals surface area contributed by atoms with Gasteiger partial charge in [-0.05, 0) is 30.0 Å². The average molecular weight is 409 g/mol. The van der Waals surface area contributed by atoms with Crippen molar-refractivity contribution < 1.29 is 14.5 Å². The number of hydrogen-bond donors (Lipinski definition) is 2. The number of aromatic nitrogens is 1. The minimum absolute atomic E-state index is 0.380. The maximum atomic E-state index is 8.97. The number of aryl methyl sites for hydroxylation is 1. The molecule has 0 atom stereocenters. The fraction of sp³-hybridized carbons (Fsp3) is 0.292. The smallest absolute Gasteiger partial charge is 0.165 e. The van der Waals surface area contributed by atoms with Crippen molar-refractivity contribution >= 4 is 8.38 Å². The van der Waals surface area contributed by atoms with E-state index < -0.39 is 8.38 Å². The zero-order chi connectivity index (χ0) is 20.5. The lowest BCUT2D eigenvalue weighted by Crippen LogP contribution is -2.01. The fourth-order valence-electron chi connectivity index (χ4n) is 3.25. The van der Waals surface area contributed by atoms with Crippen LogP contribution in [0.2, 0.25) is 0 Å². The monoisotopic (exact) mass is 409 g/mol. The lowest BCUT2D eigenvalue weighted by molar-refractivity contribution is 0.119. The van der Waals surface area contributed by atoms with Crippen LogP contribution in [0.3, 0.4) is 0 Å². The van der Waals surface area contributed by atoms with Crippen LogP contribution in [0.1, 0.15) is 31.0 Å². The van der Waals surface area contributed by atoms with Crippen LogP contribution < -0.4 is 0 Å². The maximum Gasteiger partial charge on any atom is 0.165 e. The summed E-state index contributed by atoms with van der Waals surface area (Å²) >= 11 is 0. The second kappa shape index (κ2) is 11.2. The molecular weight excluding hydrogens is 381 g/mol. The Hall–Kier alpha value is -2.10. The van der Waals surface area contributed by atoms with E-state index in [1.807, 2.05) is 24.3 Å². The SMILES string of the molecule is CCCc1ccc(-c2ccc(COCCCP(O)O)nc2-c2ccccc2)cc1. The molecule has 0 spiro atoms. The van der Waals surface area contributed by atoms with Gasteiger partial charge in [0.1, 0.15) is 0 Å². The largest absolute Gasteiger partial charge is 0.375 e. The van der Waals surface area contributed by atoms with E-state index in [9.17, 15) is 0 Å². The second-order valence-electron chi connectivity index (χ2n) is 7.01. The molecule has 2 N–H and O–H groups in total. The van der Waals surface area contributed by atoms with Crippen molar-refractivity contribution in [1.82, 2.24) is 4.98 Å². The van der Waals surface area contributed by atoms with E-state index >= 15 is 0 Å². The summed E-state index contributed by atoms with van der Waals surface area (Å²) in [5.74, 6) is 0. The lowest BCUT2D eigenvalue weighted by Gasteiger charge is -2.13.